The first-order valence-corrected chi connectivity index (χ1v) is 12.4. The lowest BCUT2D eigenvalue weighted by Crippen LogP contribution is -2.52. The standard InChI is InChI=1S/C23H26ClN3O5S/c1-4-15(2)25-22(29)16(3)26(13-17-9-5-7-11-19(17)24)21(28)14-27-23(30)18-10-6-8-12-20(18)33(27,31)32/h5-12,15-16H,4,13-14H2,1-3H3,(H,25,29)/t15-,16-/m1/s1. The molecule has 3 rings (SSSR count). The Morgan fingerprint density at radius 1 is 1.09 bits per heavy atom. The van der Waals surface area contributed by atoms with Crippen LogP contribution in [0.2, 0.25) is 5.02 Å². The van der Waals surface area contributed by atoms with Crippen LogP contribution in [0.3, 0.4) is 0 Å². The van der Waals surface area contributed by atoms with E-state index in [2.05, 4.69) is 5.32 Å². The van der Waals surface area contributed by atoms with E-state index < -0.39 is 34.4 Å². The summed E-state index contributed by atoms with van der Waals surface area (Å²) >= 11 is 6.26. The summed E-state index contributed by atoms with van der Waals surface area (Å²) in [5.74, 6) is -1.84. The molecule has 0 unspecified atom stereocenters. The summed E-state index contributed by atoms with van der Waals surface area (Å²) in [6, 6.07) is 11.6. The van der Waals surface area contributed by atoms with Gasteiger partial charge in [-0.2, -0.15) is 0 Å². The molecule has 33 heavy (non-hydrogen) atoms. The molecule has 176 valence electrons. The topological polar surface area (TPSA) is 104 Å². The van der Waals surface area contributed by atoms with Gasteiger partial charge in [-0.25, -0.2) is 12.7 Å². The van der Waals surface area contributed by atoms with Gasteiger partial charge in [-0.15, -0.1) is 0 Å². The highest BCUT2D eigenvalue weighted by molar-refractivity contribution is 7.90. The lowest BCUT2D eigenvalue weighted by atomic mass is 10.1. The Balaban J connectivity index is 1.90. The number of benzene rings is 2. The van der Waals surface area contributed by atoms with E-state index in [0.717, 1.165) is 0 Å². The van der Waals surface area contributed by atoms with Gasteiger partial charge in [-0.05, 0) is 44.0 Å². The number of hydrogen-bond acceptors (Lipinski definition) is 5. The quantitative estimate of drug-likeness (QED) is 0.611. The van der Waals surface area contributed by atoms with Crippen LogP contribution in [0.15, 0.2) is 53.4 Å². The van der Waals surface area contributed by atoms with Crippen LogP contribution >= 0.6 is 11.6 Å². The number of fused-ring (bicyclic) bond motifs is 1. The summed E-state index contributed by atoms with van der Waals surface area (Å²) in [6.07, 6.45) is 0.704. The number of hydrogen-bond donors (Lipinski definition) is 1. The molecular formula is C23H26ClN3O5S. The maximum Gasteiger partial charge on any atom is 0.269 e. The van der Waals surface area contributed by atoms with E-state index in [-0.39, 0.29) is 29.0 Å². The maximum absolute atomic E-state index is 13.3. The van der Waals surface area contributed by atoms with Crippen LogP contribution in [0.4, 0.5) is 0 Å². The first-order chi connectivity index (χ1) is 15.6. The number of carbonyl (C=O) groups is 3. The first kappa shape index (κ1) is 24.7. The van der Waals surface area contributed by atoms with Crippen LogP contribution in [0.25, 0.3) is 0 Å². The first-order valence-electron chi connectivity index (χ1n) is 10.6. The Hall–Kier alpha value is -2.91. The molecule has 0 radical (unpaired) electrons. The Labute approximate surface area is 198 Å². The predicted octanol–water partition coefficient (Wildman–Crippen LogP) is 2.82. The maximum atomic E-state index is 13.3. The average molecular weight is 492 g/mol. The highest BCUT2D eigenvalue weighted by atomic mass is 35.5. The molecule has 10 heteroatoms. The SMILES string of the molecule is CC[C@@H](C)NC(=O)[C@@H](C)N(Cc1ccccc1Cl)C(=O)CN1C(=O)c2ccccc2S1(=O)=O. The summed E-state index contributed by atoms with van der Waals surface area (Å²) in [7, 11) is -4.16. The van der Waals surface area contributed by atoms with Crippen LogP contribution in [0, 0.1) is 0 Å². The summed E-state index contributed by atoms with van der Waals surface area (Å²) in [5.41, 5.74) is 0.611. The molecule has 0 saturated heterocycles. The number of rotatable bonds is 8. The van der Waals surface area contributed by atoms with Crippen LogP contribution in [0.1, 0.15) is 43.1 Å². The van der Waals surface area contributed by atoms with Gasteiger partial charge in [0.15, 0.2) is 0 Å². The van der Waals surface area contributed by atoms with Crippen LogP contribution in [-0.4, -0.2) is 54.0 Å². The molecule has 2 aromatic carbocycles. The zero-order chi connectivity index (χ0) is 24.3. The number of halogens is 1. The number of nitrogens with one attached hydrogen (secondary N) is 1. The van der Waals surface area contributed by atoms with Crippen molar-refractivity contribution in [3.8, 4) is 0 Å². The predicted molar refractivity (Wildman–Crippen MR) is 124 cm³/mol. The van der Waals surface area contributed by atoms with E-state index in [1.807, 2.05) is 13.8 Å². The summed E-state index contributed by atoms with van der Waals surface area (Å²) < 4.78 is 26.3. The zero-order valence-corrected chi connectivity index (χ0v) is 20.2. The third-order valence-corrected chi connectivity index (χ3v) is 7.81. The van der Waals surface area contributed by atoms with Crippen molar-refractivity contribution < 1.29 is 22.8 Å². The molecule has 2 atom stereocenters. The molecule has 0 aromatic heterocycles. The van der Waals surface area contributed by atoms with Gasteiger partial charge in [-0.1, -0.05) is 48.9 Å². The molecule has 1 aliphatic rings. The summed E-state index contributed by atoms with van der Waals surface area (Å²) in [5, 5.41) is 3.24. The van der Waals surface area contributed by atoms with Gasteiger partial charge in [0.25, 0.3) is 15.9 Å². The Kier molecular flexibility index (Phi) is 7.44. The molecule has 0 spiro atoms. The van der Waals surface area contributed by atoms with Gasteiger partial charge in [0.05, 0.1) is 5.56 Å². The van der Waals surface area contributed by atoms with Gasteiger partial charge >= 0.3 is 0 Å². The van der Waals surface area contributed by atoms with Crippen molar-refractivity contribution in [2.45, 2.75) is 50.7 Å². The van der Waals surface area contributed by atoms with Crippen molar-refractivity contribution >= 4 is 39.3 Å². The molecule has 8 nitrogen and oxygen atoms in total. The van der Waals surface area contributed by atoms with Crippen molar-refractivity contribution in [2.24, 2.45) is 0 Å². The second-order valence-electron chi connectivity index (χ2n) is 7.92. The molecule has 3 amide bonds. The minimum atomic E-state index is -4.16. The summed E-state index contributed by atoms with van der Waals surface area (Å²) in [6.45, 7) is 4.58. The van der Waals surface area contributed by atoms with Crippen molar-refractivity contribution in [3.63, 3.8) is 0 Å². The average Bonchev–Trinajstić information content (AvgIpc) is 2.98. The smallest absolute Gasteiger partial charge is 0.269 e. The minimum absolute atomic E-state index is 0.0190. The van der Waals surface area contributed by atoms with Crippen LogP contribution in [0.5, 0.6) is 0 Å². The van der Waals surface area contributed by atoms with Gasteiger partial charge in [0, 0.05) is 17.6 Å². The Bertz CT molecular complexity index is 1180. The lowest BCUT2D eigenvalue weighted by molar-refractivity contribution is -0.140. The van der Waals surface area contributed by atoms with Crippen molar-refractivity contribution in [3.05, 3.63) is 64.7 Å². The molecule has 0 saturated carbocycles. The van der Waals surface area contributed by atoms with Gasteiger partial charge < -0.3 is 10.2 Å². The van der Waals surface area contributed by atoms with E-state index in [1.54, 1.807) is 37.3 Å². The fourth-order valence-electron chi connectivity index (χ4n) is 3.46. The molecule has 1 N–H and O–H groups in total. The fraction of sp³-hybridized carbons (Fsp3) is 0.348. The van der Waals surface area contributed by atoms with E-state index in [9.17, 15) is 22.8 Å². The van der Waals surface area contributed by atoms with Gasteiger partial charge in [-0.3, -0.25) is 14.4 Å². The zero-order valence-electron chi connectivity index (χ0n) is 18.6. The normalized spacial score (nSPS) is 16.1. The lowest BCUT2D eigenvalue weighted by Gasteiger charge is -2.31. The summed E-state index contributed by atoms with van der Waals surface area (Å²) in [4.78, 5) is 40.0. The number of carbonyl (C=O) groups excluding carboxylic acids is 3. The molecule has 1 heterocycles. The fourth-order valence-corrected chi connectivity index (χ4v) is 5.17. The molecule has 0 fully saturated rings. The van der Waals surface area contributed by atoms with E-state index in [1.165, 1.54) is 23.1 Å². The van der Waals surface area contributed by atoms with E-state index in [0.29, 0.717) is 21.3 Å². The third kappa shape index (κ3) is 5.04. The number of sulfonamides is 1. The monoisotopic (exact) mass is 491 g/mol. The Morgan fingerprint density at radius 2 is 1.73 bits per heavy atom. The van der Waals surface area contributed by atoms with Crippen molar-refractivity contribution in [2.75, 3.05) is 6.54 Å². The van der Waals surface area contributed by atoms with Gasteiger partial charge in [0.1, 0.15) is 17.5 Å². The molecule has 0 bridgehead atoms. The van der Waals surface area contributed by atoms with E-state index >= 15 is 0 Å². The van der Waals surface area contributed by atoms with Crippen molar-refractivity contribution in [1.82, 2.24) is 14.5 Å². The third-order valence-electron chi connectivity index (χ3n) is 5.66. The largest absolute Gasteiger partial charge is 0.352 e. The highest BCUT2D eigenvalue weighted by Gasteiger charge is 2.43. The van der Waals surface area contributed by atoms with Crippen LogP contribution < -0.4 is 5.32 Å². The molecule has 0 aliphatic carbocycles. The second kappa shape index (κ2) is 9.93. The minimum Gasteiger partial charge on any atom is -0.352 e. The Morgan fingerprint density at radius 3 is 2.36 bits per heavy atom. The number of nitrogens with zero attached hydrogens (tertiary/aromatic N) is 2. The van der Waals surface area contributed by atoms with E-state index in [4.69, 9.17) is 11.6 Å². The molecular weight excluding hydrogens is 466 g/mol. The highest BCUT2D eigenvalue weighted by Crippen LogP contribution is 2.30. The molecule has 2 aromatic rings. The number of amides is 3. The van der Waals surface area contributed by atoms with Gasteiger partial charge in [0.2, 0.25) is 11.8 Å². The molecule has 1 aliphatic heterocycles. The van der Waals surface area contributed by atoms with Crippen LogP contribution in [-0.2, 0) is 26.2 Å². The van der Waals surface area contributed by atoms with Crippen molar-refractivity contribution in [1.29, 1.82) is 0 Å². The second-order valence-corrected chi connectivity index (χ2v) is 10.2.